The highest BCUT2D eigenvalue weighted by atomic mass is 32.2. The number of nitrogens with one attached hydrogen (secondary N) is 1. The van der Waals surface area contributed by atoms with Crippen molar-refractivity contribution >= 4 is 15.9 Å². The van der Waals surface area contributed by atoms with Crippen molar-refractivity contribution in [3.05, 3.63) is 0 Å². The molecule has 20 heavy (non-hydrogen) atoms. The third kappa shape index (κ3) is 4.17. The first-order chi connectivity index (χ1) is 9.36. The number of rotatable bonds is 3. The van der Waals surface area contributed by atoms with Gasteiger partial charge < -0.3 is 10.2 Å². The van der Waals surface area contributed by atoms with E-state index < -0.39 is 10.0 Å². The van der Waals surface area contributed by atoms with Gasteiger partial charge in [0.15, 0.2) is 0 Å². The maximum absolute atomic E-state index is 11.5. The second-order valence-corrected chi connectivity index (χ2v) is 7.87. The first-order valence-electron chi connectivity index (χ1n) is 7.33. The standard InChI is InChI=1S/C13H25N3O3S/c1-11(17)15-7-3-12(4-8-15)14-13-5-9-16(10-6-13)20(2,18)19/h12-14H,3-10H2,1-2H3. The van der Waals surface area contributed by atoms with Crippen molar-refractivity contribution < 1.29 is 13.2 Å². The summed E-state index contributed by atoms with van der Waals surface area (Å²) in [6, 6.07) is 0.863. The molecule has 0 unspecified atom stereocenters. The topological polar surface area (TPSA) is 69.7 Å². The zero-order valence-corrected chi connectivity index (χ0v) is 13.2. The van der Waals surface area contributed by atoms with Crippen molar-refractivity contribution in [3.63, 3.8) is 0 Å². The number of carbonyl (C=O) groups excluding carboxylic acids is 1. The molecular weight excluding hydrogens is 278 g/mol. The molecule has 2 aliphatic rings. The fraction of sp³-hybridized carbons (Fsp3) is 0.923. The van der Waals surface area contributed by atoms with Crippen LogP contribution in [0.3, 0.4) is 0 Å². The highest BCUT2D eigenvalue weighted by Gasteiger charge is 2.27. The summed E-state index contributed by atoms with van der Waals surface area (Å²) in [5, 5.41) is 3.63. The number of hydrogen-bond acceptors (Lipinski definition) is 4. The molecule has 0 aromatic heterocycles. The van der Waals surface area contributed by atoms with Crippen LogP contribution >= 0.6 is 0 Å². The van der Waals surface area contributed by atoms with Gasteiger partial charge in [-0.2, -0.15) is 0 Å². The summed E-state index contributed by atoms with van der Waals surface area (Å²) in [7, 11) is -3.04. The van der Waals surface area contributed by atoms with Crippen LogP contribution in [0, 0.1) is 0 Å². The summed E-state index contributed by atoms with van der Waals surface area (Å²) in [6.07, 6.45) is 5.01. The Morgan fingerprint density at radius 1 is 1.00 bits per heavy atom. The van der Waals surface area contributed by atoms with Gasteiger partial charge in [0.25, 0.3) is 0 Å². The Labute approximate surface area is 121 Å². The maximum atomic E-state index is 11.5. The second kappa shape index (κ2) is 6.41. The fourth-order valence-corrected chi connectivity index (χ4v) is 3.92. The largest absolute Gasteiger partial charge is 0.343 e. The number of sulfonamides is 1. The lowest BCUT2D eigenvalue weighted by Crippen LogP contribution is -2.51. The minimum absolute atomic E-state index is 0.157. The highest BCUT2D eigenvalue weighted by molar-refractivity contribution is 7.88. The number of hydrogen-bond donors (Lipinski definition) is 1. The van der Waals surface area contributed by atoms with Crippen LogP contribution in [0.4, 0.5) is 0 Å². The van der Waals surface area contributed by atoms with Gasteiger partial charge in [-0.05, 0) is 25.7 Å². The molecule has 6 nitrogen and oxygen atoms in total. The van der Waals surface area contributed by atoms with Gasteiger partial charge in [-0.25, -0.2) is 12.7 Å². The Hall–Kier alpha value is -0.660. The minimum Gasteiger partial charge on any atom is -0.343 e. The van der Waals surface area contributed by atoms with Crippen molar-refractivity contribution in [1.29, 1.82) is 0 Å². The number of amides is 1. The van der Waals surface area contributed by atoms with Crippen LogP contribution in [0.15, 0.2) is 0 Å². The van der Waals surface area contributed by atoms with Crippen molar-refractivity contribution in [3.8, 4) is 0 Å². The van der Waals surface area contributed by atoms with Crippen molar-refractivity contribution in [2.24, 2.45) is 0 Å². The summed E-state index contributed by atoms with van der Waals surface area (Å²) >= 11 is 0. The summed E-state index contributed by atoms with van der Waals surface area (Å²) in [5.74, 6) is 0.157. The molecular formula is C13H25N3O3S. The summed E-state index contributed by atoms with van der Waals surface area (Å²) in [4.78, 5) is 13.2. The van der Waals surface area contributed by atoms with Crippen LogP contribution in [0.25, 0.3) is 0 Å². The molecule has 2 fully saturated rings. The predicted octanol–water partition coefficient (Wildman–Crippen LogP) is 0.0109. The fourth-order valence-electron chi connectivity index (χ4n) is 3.05. The van der Waals surface area contributed by atoms with Crippen LogP contribution in [-0.2, 0) is 14.8 Å². The lowest BCUT2D eigenvalue weighted by Gasteiger charge is -2.37. The minimum atomic E-state index is -3.04. The Kier molecular flexibility index (Phi) is 5.04. The van der Waals surface area contributed by atoms with Crippen molar-refractivity contribution in [2.45, 2.75) is 44.7 Å². The molecule has 0 bridgehead atoms. The van der Waals surface area contributed by atoms with E-state index in [4.69, 9.17) is 0 Å². The number of carbonyl (C=O) groups is 1. The third-order valence-corrected chi connectivity index (χ3v) is 5.64. The Bertz CT molecular complexity index is 436. The van der Waals surface area contributed by atoms with Gasteiger partial charge in [-0.1, -0.05) is 0 Å². The number of nitrogens with zero attached hydrogens (tertiary/aromatic N) is 2. The van der Waals surface area contributed by atoms with Gasteiger partial charge in [0.1, 0.15) is 0 Å². The second-order valence-electron chi connectivity index (χ2n) is 5.88. The van der Waals surface area contributed by atoms with E-state index in [9.17, 15) is 13.2 Å². The molecule has 7 heteroatoms. The van der Waals surface area contributed by atoms with Crippen molar-refractivity contribution in [1.82, 2.24) is 14.5 Å². The Balaban J connectivity index is 1.73. The zero-order valence-electron chi connectivity index (χ0n) is 12.3. The van der Waals surface area contributed by atoms with E-state index in [0.29, 0.717) is 25.2 Å². The molecule has 0 aromatic carbocycles. The molecule has 0 aliphatic carbocycles. The molecule has 1 amide bonds. The van der Waals surface area contributed by atoms with E-state index in [1.165, 1.54) is 6.26 Å². The first kappa shape index (κ1) is 15.7. The molecule has 2 rings (SSSR count). The SMILES string of the molecule is CC(=O)N1CCC(NC2CCN(S(C)(=O)=O)CC2)CC1. The summed E-state index contributed by atoms with van der Waals surface area (Å²) in [6.45, 7) is 4.50. The number of piperidine rings is 2. The molecule has 0 aromatic rings. The van der Waals surface area contributed by atoms with Gasteiger partial charge in [0.05, 0.1) is 6.26 Å². The van der Waals surface area contributed by atoms with E-state index >= 15 is 0 Å². The normalized spacial score (nSPS) is 24.0. The predicted molar refractivity (Wildman–Crippen MR) is 77.9 cm³/mol. The Morgan fingerprint density at radius 3 is 1.85 bits per heavy atom. The number of likely N-dealkylation sites (tertiary alicyclic amines) is 1. The van der Waals surface area contributed by atoms with E-state index in [1.54, 1.807) is 11.2 Å². The van der Waals surface area contributed by atoms with Crippen LogP contribution in [0.5, 0.6) is 0 Å². The lowest BCUT2D eigenvalue weighted by molar-refractivity contribution is -0.129. The van der Waals surface area contributed by atoms with Crippen LogP contribution < -0.4 is 5.32 Å². The first-order valence-corrected chi connectivity index (χ1v) is 9.18. The summed E-state index contributed by atoms with van der Waals surface area (Å²) < 4.78 is 24.5. The highest BCUT2D eigenvalue weighted by Crippen LogP contribution is 2.17. The molecule has 2 aliphatic heterocycles. The van der Waals surface area contributed by atoms with Crippen molar-refractivity contribution in [2.75, 3.05) is 32.4 Å². The summed E-state index contributed by atoms with van der Waals surface area (Å²) in [5.41, 5.74) is 0. The zero-order chi connectivity index (χ0) is 14.8. The molecule has 0 saturated carbocycles. The van der Waals surface area contributed by atoms with Gasteiger partial charge >= 0.3 is 0 Å². The molecule has 116 valence electrons. The maximum Gasteiger partial charge on any atom is 0.219 e. The molecule has 2 saturated heterocycles. The van der Waals surface area contributed by atoms with Crippen LogP contribution in [0.2, 0.25) is 0 Å². The van der Waals surface area contributed by atoms with Gasteiger partial charge in [0.2, 0.25) is 15.9 Å². The average Bonchev–Trinajstić information content (AvgIpc) is 2.39. The van der Waals surface area contributed by atoms with Gasteiger partial charge in [0, 0.05) is 45.2 Å². The monoisotopic (exact) mass is 303 g/mol. The smallest absolute Gasteiger partial charge is 0.219 e. The quantitative estimate of drug-likeness (QED) is 0.797. The van der Waals surface area contributed by atoms with Gasteiger partial charge in [-0.15, -0.1) is 0 Å². The lowest BCUT2D eigenvalue weighted by atomic mass is 10.0. The van der Waals surface area contributed by atoms with E-state index in [0.717, 1.165) is 38.8 Å². The molecule has 2 heterocycles. The third-order valence-electron chi connectivity index (χ3n) is 4.33. The van der Waals surface area contributed by atoms with E-state index in [2.05, 4.69) is 5.32 Å². The molecule has 0 spiro atoms. The van der Waals surface area contributed by atoms with E-state index in [1.807, 2.05) is 4.90 Å². The van der Waals surface area contributed by atoms with Gasteiger partial charge in [-0.3, -0.25) is 4.79 Å². The molecule has 1 N–H and O–H groups in total. The molecule has 0 atom stereocenters. The van der Waals surface area contributed by atoms with Crippen LogP contribution in [-0.4, -0.2) is 68.0 Å². The average molecular weight is 303 g/mol. The molecule has 0 radical (unpaired) electrons. The van der Waals surface area contributed by atoms with Crippen LogP contribution in [0.1, 0.15) is 32.6 Å². The Morgan fingerprint density at radius 2 is 1.45 bits per heavy atom. The van der Waals surface area contributed by atoms with E-state index in [-0.39, 0.29) is 5.91 Å².